The van der Waals surface area contributed by atoms with Gasteiger partial charge in [0.05, 0.1) is 10.6 Å². The van der Waals surface area contributed by atoms with E-state index in [1.807, 2.05) is 0 Å². The van der Waals surface area contributed by atoms with Crippen LogP contribution in [0.25, 0.3) is 0 Å². The molecule has 1 aromatic carbocycles. The molecule has 1 aliphatic rings. The van der Waals surface area contributed by atoms with Crippen molar-refractivity contribution in [1.82, 2.24) is 0 Å². The lowest BCUT2D eigenvalue weighted by molar-refractivity contribution is -0.0815. The Balaban J connectivity index is 2.50. The fourth-order valence-electron chi connectivity index (χ4n) is 3.48. The molecule has 0 amide bonds. The number of halogens is 3. The number of rotatable bonds is 3. The van der Waals surface area contributed by atoms with Crippen LogP contribution in [0.2, 0.25) is 10.0 Å². The van der Waals surface area contributed by atoms with E-state index in [-0.39, 0.29) is 10.0 Å². The van der Waals surface area contributed by atoms with E-state index in [9.17, 15) is 9.50 Å². The van der Waals surface area contributed by atoms with Gasteiger partial charge in [0.25, 0.3) is 0 Å². The normalized spacial score (nSPS) is 21.6. The van der Waals surface area contributed by atoms with Crippen LogP contribution < -0.4 is 5.73 Å². The zero-order valence-electron chi connectivity index (χ0n) is 12.3. The van der Waals surface area contributed by atoms with E-state index >= 15 is 0 Å². The van der Waals surface area contributed by atoms with Crippen LogP contribution in [0, 0.1) is 11.2 Å². The standard InChI is InChI=1S/C16H22Cl2FNO/c1-15(21,11-8-14(19)13(18)9-12(11)17)16(10-20)6-4-2-3-5-7-16/h8-9,21H,2-7,10,20H2,1H3. The van der Waals surface area contributed by atoms with Gasteiger partial charge in [-0.1, -0.05) is 48.9 Å². The Kier molecular flexibility index (Phi) is 5.19. The molecule has 0 heterocycles. The second-order valence-electron chi connectivity index (χ2n) is 6.22. The predicted molar refractivity (Wildman–Crippen MR) is 85.2 cm³/mol. The van der Waals surface area contributed by atoms with Crippen LogP contribution in [0.3, 0.4) is 0 Å². The lowest BCUT2D eigenvalue weighted by Gasteiger charge is -2.45. The van der Waals surface area contributed by atoms with Crippen molar-refractivity contribution in [1.29, 1.82) is 0 Å². The number of aliphatic hydroxyl groups is 1. The first-order valence-electron chi connectivity index (χ1n) is 7.41. The molecule has 1 atom stereocenters. The quantitative estimate of drug-likeness (QED) is 0.625. The highest BCUT2D eigenvalue weighted by atomic mass is 35.5. The second kappa shape index (κ2) is 6.41. The molecule has 2 rings (SSSR count). The highest BCUT2D eigenvalue weighted by Crippen LogP contribution is 2.50. The van der Waals surface area contributed by atoms with Crippen LogP contribution in [0.1, 0.15) is 51.0 Å². The second-order valence-corrected chi connectivity index (χ2v) is 7.03. The topological polar surface area (TPSA) is 46.2 Å². The van der Waals surface area contributed by atoms with Crippen molar-refractivity contribution in [3.8, 4) is 0 Å². The van der Waals surface area contributed by atoms with Gasteiger partial charge in [-0.05, 0) is 31.9 Å². The molecule has 1 fully saturated rings. The third-order valence-electron chi connectivity index (χ3n) is 5.02. The number of hydrogen-bond donors (Lipinski definition) is 2. The molecule has 3 N–H and O–H groups in total. The molecule has 2 nitrogen and oxygen atoms in total. The summed E-state index contributed by atoms with van der Waals surface area (Å²) >= 11 is 12.0. The molecule has 0 bridgehead atoms. The Bertz CT molecular complexity index is 511. The van der Waals surface area contributed by atoms with Gasteiger partial charge in [-0.25, -0.2) is 4.39 Å². The molecule has 1 aliphatic carbocycles. The van der Waals surface area contributed by atoms with E-state index in [1.165, 1.54) is 12.1 Å². The summed E-state index contributed by atoms with van der Waals surface area (Å²) in [5.41, 5.74) is 4.64. The minimum atomic E-state index is -1.28. The fourth-order valence-corrected chi connectivity index (χ4v) is 4.04. The maximum Gasteiger partial charge on any atom is 0.142 e. The molecule has 0 radical (unpaired) electrons. The maximum absolute atomic E-state index is 13.8. The monoisotopic (exact) mass is 333 g/mol. The first kappa shape index (κ1) is 17.0. The van der Waals surface area contributed by atoms with E-state index in [2.05, 4.69) is 0 Å². The van der Waals surface area contributed by atoms with E-state index in [0.29, 0.717) is 12.1 Å². The molecule has 0 saturated heterocycles. The molecule has 5 heteroatoms. The molecular weight excluding hydrogens is 312 g/mol. The summed E-state index contributed by atoms with van der Waals surface area (Å²) in [5.74, 6) is -0.572. The summed E-state index contributed by atoms with van der Waals surface area (Å²) in [6.45, 7) is 2.04. The van der Waals surface area contributed by atoms with E-state index in [0.717, 1.165) is 38.5 Å². The van der Waals surface area contributed by atoms with Gasteiger partial charge in [0, 0.05) is 22.5 Å². The van der Waals surface area contributed by atoms with Crippen molar-refractivity contribution in [3.63, 3.8) is 0 Å². The third kappa shape index (κ3) is 3.07. The van der Waals surface area contributed by atoms with Crippen LogP contribution >= 0.6 is 23.2 Å². The van der Waals surface area contributed by atoms with Crippen molar-refractivity contribution < 1.29 is 9.50 Å². The van der Waals surface area contributed by atoms with Crippen molar-refractivity contribution >= 4 is 23.2 Å². The van der Waals surface area contributed by atoms with E-state index in [4.69, 9.17) is 28.9 Å². The maximum atomic E-state index is 13.8. The molecule has 118 valence electrons. The summed E-state index contributed by atoms with van der Waals surface area (Å²) in [6, 6.07) is 2.59. The average molecular weight is 334 g/mol. The van der Waals surface area contributed by atoms with Gasteiger partial charge in [0.2, 0.25) is 0 Å². The number of nitrogens with two attached hydrogens (primary N) is 1. The summed E-state index contributed by atoms with van der Waals surface area (Å²) in [7, 11) is 0. The molecule has 1 unspecified atom stereocenters. The van der Waals surface area contributed by atoms with E-state index in [1.54, 1.807) is 6.92 Å². The van der Waals surface area contributed by atoms with Crippen molar-refractivity contribution in [2.75, 3.05) is 6.54 Å². The van der Waals surface area contributed by atoms with Crippen LogP contribution in [-0.4, -0.2) is 11.7 Å². The van der Waals surface area contributed by atoms with Gasteiger partial charge < -0.3 is 10.8 Å². The number of benzene rings is 1. The lowest BCUT2D eigenvalue weighted by Crippen LogP contribution is -2.48. The summed E-state index contributed by atoms with van der Waals surface area (Å²) in [6.07, 6.45) is 5.94. The molecule has 1 aromatic rings. The first-order valence-corrected chi connectivity index (χ1v) is 8.17. The molecular formula is C16H22Cl2FNO. The highest BCUT2D eigenvalue weighted by Gasteiger charge is 2.48. The minimum Gasteiger partial charge on any atom is -0.385 e. The Morgan fingerprint density at radius 1 is 1.19 bits per heavy atom. The van der Waals surface area contributed by atoms with Crippen LogP contribution in [0.15, 0.2) is 12.1 Å². The minimum absolute atomic E-state index is 0.0396. The van der Waals surface area contributed by atoms with E-state index < -0.39 is 16.8 Å². The Hall–Kier alpha value is -0.350. The van der Waals surface area contributed by atoms with Crippen LogP contribution in [0.4, 0.5) is 4.39 Å². The van der Waals surface area contributed by atoms with Gasteiger partial charge in [0.15, 0.2) is 0 Å². The van der Waals surface area contributed by atoms with Gasteiger partial charge in [0.1, 0.15) is 5.82 Å². The number of hydrogen-bond acceptors (Lipinski definition) is 2. The SMILES string of the molecule is CC(O)(c1cc(F)c(Cl)cc1Cl)C1(CN)CCCCCC1. The fraction of sp³-hybridized carbons (Fsp3) is 0.625. The molecule has 0 aromatic heterocycles. The molecule has 0 spiro atoms. The lowest BCUT2D eigenvalue weighted by atomic mass is 9.65. The highest BCUT2D eigenvalue weighted by molar-refractivity contribution is 6.35. The van der Waals surface area contributed by atoms with Crippen molar-refractivity contribution in [2.24, 2.45) is 11.1 Å². The van der Waals surface area contributed by atoms with Gasteiger partial charge >= 0.3 is 0 Å². The zero-order valence-corrected chi connectivity index (χ0v) is 13.8. The first-order chi connectivity index (χ1) is 9.84. The van der Waals surface area contributed by atoms with Crippen molar-refractivity contribution in [3.05, 3.63) is 33.6 Å². The Labute approximate surface area is 135 Å². The summed E-state index contributed by atoms with van der Waals surface area (Å²) < 4.78 is 13.8. The zero-order chi connectivity index (χ0) is 15.7. The summed E-state index contributed by atoms with van der Waals surface area (Å²) in [5, 5.41) is 11.4. The largest absolute Gasteiger partial charge is 0.385 e. The summed E-state index contributed by atoms with van der Waals surface area (Å²) in [4.78, 5) is 0. The van der Waals surface area contributed by atoms with Crippen LogP contribution in [-0.2, 0) is 5.60 Å². The van der Waals surface area contributed by atoms with Crippen LogP contribution in [0.5, 0.6) is 0 Å². The predicted octanol–water partition coefficient (Wildman–Crippen LogP) is 4.64. The van der Waals surface area contributed by atoms with Gasteiger partial charge in [-0.3, -0.25) is 0 Å². The Morgan fingerprint density at radius 2 is 1.76 bits per heavy atom. The van der Waals surface area contributed by atoms with Gasteiger partial charge in [-0.15, -0.1) is 0 Å². The Morgan fingerprint density at radius 3 is 2.29 bits per heavy atom. The smallest absolute Gasteiger partial charge is 0.142 e. The molecule has 21 heavy (non-hydrogen) atoms. The average Bonchev–Trinajstić information content (AvgIpc) is 2.69. The molecule has 0 aliphatic heterocycles. The third-order valence-corrected chi connectivity index (χ3v) is 5.62. The van der Waals surface area contributed by atoms with Gasteiger partial charge in [-0.2, -0.15) is 0 Å². The molecule has 1 saturated carbocycles. The van der Waals surface area contributed by atoms with Crippen molar-refractivity contribution in [2.45, 2.75) is 51.0 Å².